The van der Waals surface area contributed by atoms with E-state index in [1.807, 2.05) is 6.07 Å². The van der Waals surface area contributed by atoms with E-state index >= 15 is 0 Å². The predicted molar refractivity (Wildman–Crippen MR) is 83.2 cm³/mol. The molecular weight excluding hydrogens is 309 g/mol. The molecule has 0 N–H and O–H groups in total. The quantitative estimate of drug-likeness (QED) is 0.789. The van der Waals surface area contributed by atoms with Crippen LogP contribution in [0.5, 0.6) is 0 Å². The highest BCUT2D eigenvalue weighted by Gasteiger charge is 2.39. The molecule has 0 saturated heterocycles. The molecule has 0 fully saturated rings. The summed E-state index contributed by atoms with van der Waals surface area (Å²) in [6.45, 7) is 0. The topological polar surface area (TPSA) is 37.4 Å². The van der Waals surface area contributed by atoms with E-state index in [0.29, 0.717) is 16.3 Å². The molecule has 3 nitrogen and oxygen atoms in total. The highest BCUT2D eigenvalue weighted by Crippen LogP contribution is 2.37. The molecule has 104 valence electrons. The third-order valence-electron chi connectivity index (χ3n) is 3.18. The van der Waals surface area contributed by atoms with Gasteiger partial charge in [0.1, 0.15) is 5.03 Å². The van der Waals surface area contributed by atoms with E-state index in [1.54, 1.807) is 48.5 Å². The van der Waals surface area contributed by atoms with Gasteiger partial charge < -0.3 is 0 Å². The molecule has 0 aliphatic carbocycles. The van der Waals surface area contributed by atoms with Crippen molar-refractivity contribution in [2.75, 3.05) is 4.90 Å². The number of carbonyl (C=O) groups is 2. The summed E-state index contributed by atoms with van der Waals surface area (Å²) in [6, 6.07) is 15.5. The summed E-state index contributed by atoms with van der Waals surface area (Å²) in [4.78, 5) is 25.9. The van der Waals surface area contributed by atoms with Gasteiger partial charge in [-0.2, -0.15) is 0 Å². The van der Waals surface area contributed by atoms with E-state index in [1.165, 1.54) is 0 Å². The molecular formula is C16H9Cl2NO2. The third-order valence-corrected chi connectivity index (χ3v) is 3.85. The van der Waals surface area contributed by atoms with Crippen molar-refractivity contribution in [2.45, 2.75) is 0 Å². The van der Waals surface area contributed by atoms with Crippen LogP contribution in [0.1, 0.15) is 5.56 Å². The SMILES string of the molecule is O=C1C(Cl)=C(c2ccccc2)C(=O)N1c1ccccc1Cl. The molecule has 0 radical (unpaired) electrons. The minimum atomic E-state index is -0.561. The fourth-order valence-corrected chi connectivity index (χ4v) is 2.70. The second-order valence-electron chi connectivity index (χ2n) is 4.45. The Morgan fingerprint density at radius 3 is 2.05 bits per heavy atom. The first-order valence-corrected chi connectivity index (χ1v) is 6.95. The van der Waals surface area contributed by atoms with E-state index in [0.717, 1.165) is 4.90 Å². The van der Waals surface area contributed by atoms with Gasteiger partial charge in [-0.15, -0.1) is 0 Å². The first-order chi connectivity index (χ1) is 10.1. The Morgan fingerprint density at radius 1 is 0.762 bits per heavy atom. The summed E-state index contributed by atoms with van der Waals surface area (Å²) in [6.07, 6.45) is 0. The van der Waals surface area contributed by atoms with Crippen molar-refractivity contribution < 1.29 is 9.59 Å². The Hall–Kier alpha value is -2.10. The monoisotopic (exact) mass is 317 g/mol. The standard InChI is InChI=1S/C16H9Cl2NO2/c17-11-8-4-5-9-12(11)19-15(20)13(14(18)16(19)21)10-6-2-1-3-7-10/h1-9H. The Balaban J connectivity index is 2.10. The minimum absolute atomic E-state index is 0.0916. The molecule has 0 atom stereocenters. The second-order valence-corrected chi connectivity index (χ2v) is 5.24. The Morgan fingerprint density at radius 2 is 1.38 bits per heavy atom. The summed E-state index contributed by atoms with van der Waals surface area (Å²) in [7, 11) is 0. The highest BCUT2D eigenvalue weighted by molar-refractivity contribution is 6.60. The zero-order valence-corrected chi connectivity index (χ0v) is 12.2. The average molecular weight is 318 g/mol. The lowest BCUT2D eigenvalue weighted by Gasteiger charge is -2.16. The van der Waals surface area contributed by atoms with Crippen molar-refractivity contribution in [3.05, 3.63) is 70.2 Å². The van der Waals surface area contributed by atoms with E-state index < -0.39 is 11.8 Å². The van der Waals surface area contributed by atoms with Crippen LogP contribution in [0.15, 0.2) is 59.6 Å². The molecule has 2 amide bonds. The van der Waals surface area contributed by atoms with Gasteiger partial charge in [-0.1, -0.05) is 65.7 Å². The first kappa shape index (κ1) is 13.9. The minimum Gasteiger partial charge on any atom is -0.268 e. The van der Waals surface area contributed by atoms with Gasteiger partial charge in [-0.3, -0.25) is 9.59 Å². The van der Waals surface area contributed by atoms with Crippen LogP contribution in [0.4, 0.5) is 5.69 Å². The van der Waals surface area contributed by atoms with Crippen molar-refractivity contribution in [2.24, 2.45) is 0 Å². The van der Waals surface area contributed by atoms with Gasteiger partial charge in [0.15, 0.2) is 0 Å². The Labute approximate surface area is 131 Å². The number of hydrogen-bond donors (Lipinski definition) is 0. The lowest BCUT2D eigenvalue weighted by atomic mass is 10.1. The molecule has 3 rings (SSSR count). The second kappa shape index (κ2) is 5.35. The summed E-state index contributed by atoms with van der Waals surface area (Å²) >= 11 is 12.1. The van der Waals surface area contributed by atoms with Gasteiger partial charge >= 0.3 is 0 Å². The van der Waals surface area contributed by atoms with Crippen molar-refractivity contribution in [3.63, 3.8) is 0 Å². The van der Waals surface area contributed by atoms with Crippen molar-refractivity contribution in [3.8, 4) is 0 Å². The summed E-state index contributed by atoms with van der Waals surface area (Å²) in [5.41, 5.74) is 1.14. The number of carbonyl (C=O) groups excluding carboxylic acids is 2. The molecule has 1 aliphatic heterocycles. The maximum absolute atomic E-state index is 12.6. The number of amides is 2. The van der Waals surface area contributed by atoms with Crippen LogP contribution in [-0.2, 0) is 9.59 Å². The van der Waals surface area contributed by atoms with Crippen LogP contribution in [0.2, 0.25) is 5.02 Å². The molecule has 0 unspecified atom stereocenters. The fourth-order valence-electron chi connectivity index (χ4n) is 2.21. The van der Waals surface area contributed by atoms with Crippen LogP contribution >= 0.6 is 23.2 Å². The summed E-state index contributed by atoms with van der Waals surface area (Å²) in [5, 5.41) is 0.226. The van der Waals surface area contributed by atoms with Crippen LogP contribution in [0, 0.1) is 0 Å². The van der Waals surface area contributed by atoms with Crippen molar-refractivity contribution >= 4 is 46.3 Å². The van der Waals surface area contributed by atoms with E-state index in [2.05, 4.69) is 0 Å². The zero-order chi connectivity index (χ0) is 15.0. The number of rotatable bonds is 2. The molecule has 0 spiro atoms. The molecule has 21 heavy (non-hydrogen) atoms. The Kier molecular flexibility index (Phi) is 3.53. The maximum atomic E-state index is 12.6. The van der Waals surface area contributed by atoms with Gasteiger partial charge in [0, 0.05) is 0 Å². The fraction of sp³-hybridized carbons (Fsp3) is 0. The molecule has 2 aromatic rings. The highest BCUT2D eigenvalue weighted by atomic mass is 35.5. The summed E-state index contributed by atoms with van der Waals surface area (Å²) < 4.78 is 0. The number of anilines is 1. The lowest BCUT2D eigenvalue weighted by molar-refractivity contribution is -0.119. The molecule has 0 saturated carbocycles. The van der Waals surface area contributed by atoms with Crippen LogP contribution in [0.3, 0.4) is 0 Å². The number of hydrogen-bond acceptors (Lipinski definition) is 2. The van der Waals surface area contributed by atoms with Gasteiger partial charge in [-0.25, -0.2) is 4.90 Å². The molecule has 2 aromatic carbocycles. The van der Waals surface area contributed by atoms with Crippen LogP contribution in [0.25, 0.3) is 5.57 Å². The molecule has 5 heteroatoms. The van der Waals surface area contributed by atoms with Gasteiger partial charge in [0.05, 0.1) is 16.3 Å². The van der Waals surface area contributed by atoms with Crippen molar-refractivity contribution in [1.29, 1.82) is 0 Å². The van der Waals surface area contributed by atoms with Gasteiger partial charge in [0.2, 0.25) is 0 Å². The lowest BCUT2D eigenvalue weighted by Crippen LogP contribution is -2.31. The van der Waals surface area contributed by atoms with Crippen LogP contribution < -0.4 is 4.90 Å². The molecule has 0 bridgehead atoms. The van der Waals surface area contributed by atoms with Crippen LogP contribution in [-0.4, -0.2) is 11.8 Å². The van der Waals surface area contributed by atoms with E-state index in [9.17, 15) is 9.59 Å². The third kappa shape index (κ3) is 2.24. The molecule has 1 heterocycles. The normalized spacial score (nSPS) is 15.0. The number of benzene rings is 2. The molecule has 1 aliphatic rings. The number of nitrogens with zero attached hydrogens (tertiary/aromatic N) is 1. The summed E-state index contributed by atoms with van der Waals surface area (Å²) in [5.74, 6) is -1.03. The van der Waals surface area contributed by atoms with E-state index in [-0.39, 0.29) is 10.6 Å². The predicted octanol–water partition coefficient (Wildman–Crippen LogP) is 3.86. The van der Waals surface area contributed by atoms with E-state index in [4.69, 9.17) is 23.2 Å². The van der Waals surface area contributed by atoms with Gasteiger partial charge in [-0.05, 0) is 17.7 Å². The van der Waals surface area contributed by atoms with Crippen molar-refractivity contribution in [1.82, 2.24) is 0 Å². The molecule has 0 aromatic heterocycles. The number of halogens is 2. The maximum Gasteiger partial charge on any atom is 0.277 e. The largest absolute Gasteiger partial charge is 0.277 e. The smallest absolute Gasteiger partial charge is 0.268 e. The Bertz CT molecular complexity index is 769. The first-order valence-electron chi connectivity index (χ1n) is 6.20. The number of imide groups is 1. The zero-order valence-electron chi connectivity index (χ0n) is 10.7. The average Bonchev–Trinajstić information content (AvgIpc) is 2.71. The van der Waals surface area contributed by atoms with Gasteiger partial charge in [0.25, 0.3) is 11.8 Å². The number of para-hydroxylation sites is 1.